The summed E-state index contributed by atoms with van der Waals surface area (Å²) in [6.45, 7) is 23.4. The first kappa shape index (κ1) is 68.1. The monoisotopic (exact) mass is 1820 g/mol. The molecule has 0 aliphatic carbocycles. The molecule has 3 aromatic heterocycles. The van der Waals surface area contributed by atoms with Gasteiger partial charge in [-0.05, 0) is 0 Å². The Morgan fingerprint density at radius 3 is 1.67 bits per heavy atom. The van der Waals surface area contributed by atoms with Crippen LogP contribution < -0.4 is 22.5 Å². The van der Waals surface area contributed by atoms with Crippen molar-refractivity contribution in [3.8, 4) is 0 Å². The van der Waals surface area contributed by atoms with Crippen LogP contribution in [0.3, 0.4) is 0 Å². The van der Waals surface area contributed by atoms with Gasteiger partial charge in [0.1, 0.15) is 0 Å². The Hall–Kier alpha value is 3.01. The molecule has 7 heterocycles. The number of rotatable bonds is 12. The van der Waals surface area contributed by atoms with Gasteiger partial charge in [0, 0.05) is 98.1 Å². The molecule has 7 rings (SSSR count). The first-order valence-electron chi connectivity index (χ1n) is 20.6. The van der Waals surface area contributed by atoms with Gasteiger partial charge in [0.15, 0.2) is 0 Å². The fourth-order valence-electron chi connectivity index (χ4n) is 7.55. The van der Waals surface area contributed by atoms with Crippen molar-refractivity contribution in [1.29, 1.82) is 0 Å². The largest absolute Gasteiger partial charge is 0 e. The molecule has 3 radical (unpaired) electrons. The van der Waals surface area contributed by atoms with Crippen molar-refractivity contribution in [3.63, 3.8) is 0 Å². The van der Waals surface area contributed by atoms with Crippen LogP contribution in [0.25, 0.3) is 11.2 Å². The van der Waals surface area contributed by atoms with E-state index in [1.54, 1.807) is 18.6 Å². The van der Waals surface area contributed by atoms with Crippen molar-refractivity contribution in [1.82, 2.24) is 39.3 Å². The van der Waals surface area contributed by atoms with Gasteiger partial charge >= 0.3 is 436 Å². The number of halogens is 4. The third-order valence-electron chi connectivity index (χ3n) is 12.1. The van der Waals surface area contributed by atoms with Crippen molar-refractivity contribution in [2.75, 3.05) is 51.3 Å². The molecule has 5 N–H and O–H groups in total. The Balaban J connectivity index is 0.000000348. The summed E-state index contributed by atoms with van der Waals surface area (Å²) in [7, 11) is 0. The van der Waals surface area contributed by atoms with E-state index in [0.29, 0.717) is 36.8 Å². The molecule has 1 amide bonds. The number of amides is 1. The molecule has 4 aliphatic rings. The minimum absolute atomic E-state index is 0. The molecule has 4 aliphatic heterocycles. The maximum atomic E-state index is 13.6. The third-order valence-corrected chi connectivity index (χ3v) is 19.2. The Bertz CT molecular complexity index is 2460. The quantitative estimate of drug-likeness (QED) is 0.139. The number of alkyl halides is 3. The second kappa shape index (κ2) is 29.3. The van der Waals surface area contributed by atoms with Crippen molar-refractivity contribution >= 4 is 80.9 Å². The summed E-state index contributed by atoms with van der Waals surface area (Å²) < 4.78 is 52.4. The van der Waals surface area contributed by atoms with Crippen LogP contribution in [0.2, 0.25) is 0 Å². The van der Waals surface area contributed by atoms with Gasteiger partial charge in [-0.25, -0.2) is 0 Å². The number of carbonyl (C=O) groups excluding carboxylic acids is 1. The Labute approximate surface area is 526 Å². The van der Waals surface area contributed by atoms with Crippen molar-refractivity contribution in [2.45, 2.75) is 93.2 Å². The summed E-state index contributed by atoms with van der Waals surface area (Å²) >= 11 is 24.5. The van der Waals surface area contributed by atoms with Crippen LogP contribution in [0.4, 0.5) is 16.0 Å². The second-order valence-corrected chi connectivity index (χ2v) is 41.6. The van der Waals surface area contributed by atoms with E-state index in [2.05, 4.69) is 58.7 Å². The number of imidazole rings is 1. The molecule has 3 fully saturated rings. The van der Waals surface area contributed by atoms with E-state index in [9.17, 15) is 14.0 Å². The average molecular weight is 1820 g/mol. The predicted octanol–water partition coefficient (Wildman–Crippen LogP) is 6.06. The number of nitrogens with two attached hydrogens (primary N) is 2. The number of ether oxygens (including phenoxy) is 3. The summed E-state index contributed by atoms with van der Waals surface area (Å²) in [5.74, 6) is -2.90. The molecule has 3 unspecified atom stereocenters. The zero-order valence-corrected chi connectivity index (χ0v) is 62.0. The van der Waals surface area contributed by atoms with Crippen LogP contribution in [0.5, 0.6) is 0 Å². The molecule has 18 nitrogen and oxygen atoms in total. The molecule has 3 saturated heterocycles. The summed E-state index contributed by atoms with van der Waals surface area (Å²) in [6, 6.07) is 1.56. The van der Waals surface area contributed by atoms with E-state index >= 15 is 0 Å². The van der Waals surface area contributed by atoms with Gasteiger partial charge in [0.2, 0.25) is 0 Å². The van der Waals surface area contributed by atoms with Gasteiger partial charge in [-0.3, -0.25) is 0 Å². The summed E-state index contributed by atoms with van der Waals surface area (Å²) in [5, 5.41) is 2.36. The maximum Gasteiger partial charge on any atom is 0 e. The van der Waals surface area contributed by atoms with Gasteiger partial charge in [0.05, 0.1) is 0 Å². The molecule has 69 heavy (non-hydrogen) atoms. The topological polar surface area (TPSA) is 218 Å². The van der Waals surface area contributed by atoms with Gasteiger partial charge in [-0.15, -0.1) is 0 Å². The number of hydrogen-bond donors (Lipinski definition) is 3. The first-order valence-corrected chi connectivity index (χ1v) is 40.3. The summed E-state index contributed by atoms with van der Waals surface area (Å²) in [5.41, 5.74) is 12.1. The Morgan fingerprint density at radius 1 is 0.783 bits per heavy atom. The molecule has 31 heteroatoms. The van der Waals surface area contributed by atoms with Crippen LogP contribution in [0.1, 0.15) is 54.0 Å². The number of hydrogen-bond acceptors (Lipinski definition) is 15. The molecule has 377 valence electrons. The standard InChI is InChI=1S/C13H19ClFN2O3P.C13H19ClN5O2P.C12H19ClN3O3P.3W.3Y/c1-7-10(6-19-21-4)20-12(13(7,3)14)17-5-9(15)11(18)16-8(17)2;1-7-8(4-20-22-3)21-12(13(7,2)14)19-6-18-9-10(15)16-5-17-11(9)19;1-7-8(6-18-20-3)19-10(12(7,2)13)16-5-4-9(14)15-11(16)17;;;;;;/h5,7,10,12,21H,2,6H2,1,3-4H3,(H,16,18);5-8,12,22H,4H2,1-3H3,(H2,15,16,17);4-5,7-8,10,20H,6H2,1-3H3,(H2,14,15,17);;;;;;/t7-,10-,12-,13-;7-,8-,12-,13-;7-,8-,10-,12-;;;;;;/m111....../s1. The van der Waals surface area contributed by atoms with Crippen LogP contribution in [-0.2, 0) is 187 Å². The fraction of sp³-hybridized carbons (Fsp3) is 0.632. The summed E-state index contributed by atoms with van der Waals surface area (Å²) in [6.07, 6.45) is 3.76. The number of anilines is 2. The van der Waals surface area contributed by atoms with Crippen LogP contribution >= 0.6 is 52.2 Å². The third kappa shape index (κ3) is 16.8. The number of nitrogens with one attached hydrogen (secondary N) is 1. The smallest absolute Gasteiger partial charge is 0 e. The average Bonchev–Trinajstić information content (AvgIpc) is 3.89. The zero-order valence-electron chi connectivity index (χ0n) is 39.4. The zero-order chi connectivity index (χ0) is 49.2. The molecular weight excluding hydrogens is 1760 g/mol. The van der Waals surface area contributed by atoms with E-state index in [1.807, 2.05) is 39.2 Å². The number of carbonyl (C=O) groups is 1. The van der Waals surface area contributed by atoms with E-state index in [0.717, 1.165) is 6.20 Å². The van der Waals surface area contributed by atoms with Gasteiger partial charge < -0.3 is 0 Å². The molecule has 0 saturated carbocycles. The molecular formula is C38H57Cl3FN10O8P3W3Y3. The number of aromatic nitrogens is 6. The van der Waals surface area contributed by atoms with E-state index in [1.165, 1.54) is 72.2 Å². The maximum absolute atomic E-state index is 13.6. The summed E-state index contributed by atoms with van der Waals surface area (Å²) in [4.78, 5) is 39.0. The minimum Gasteiger partial charge on any atom is 0 e. The predicted molar refractivity (Wildman–Crippen MR) is 248 cm³/mol. The van der Waals surface area contributed by atoms with E-state index in [4.69, 9.17) is 74.1 Å². The van der Waals surface area contributed by atoms with Crippen molar-refractivity contribution < 1.29 is 192 Å². The van der Waals surface area contributed by atoms with Gasteiger partial charge in [-0.2, -0.15) is 0 Å². The van der Waals surface area contributed by atoms with Crippen LogP contribution in [0, 0.1) is 17.8 Å². The number of nitrogen functional groups attached to an aromatic ring is 2. The van der Waals surface area contributed by atoms with Crippen molar-refractivity contribution in [3.05, 3.63) is 59.8 Å². The van der Waals surface area contributed by atoms with Crippen LogP contribution in [-0.4, -0.2) is 119 Å². The first-order chi connectivity index (χ1) is 30.7. The number of fused-ring (bicyclic) bond motifs is 1. The molecule has 3 aromatic rings. The molecule has 15 atom stereocenters. The molecule has 0 aromatic carbocycles. The van der Waals surface area contributed by atoms with Crippen molar-refractivity contribution in [2.24, 2.45) is 17.8 Å². The fourth-order valence-corrected chi connectivity index (χ4v) is 11.8. The number of nitrogens with zero attached hydrogens (tertiary/aromatic N) is 7. The Morgan fingerprint density at radius 2 is 1.22 bits per heavy atom. The van der Waals surface area contributed by atoms with Gasteiger partial charge in [-0.1, -0.05) is 0 Å². The van der Waals surface area contributed by atoms with E-state index in [-0.39, 0.29) is 152 Å². The SMILES string of the molecule is C=C1NC(=O)C(F)=CN1[C@@H]1O[C@H](CO[PH](C)=[W])[C@@H](C)[C@@]1(C)Cl.C[C@@H]1[C@@H](CO[PH](C)=[W])O[C@@H](n2ccc(N)nc2=O)[C@]1(C)Cl.C[C@@H]1[C@@H](CO[PH](C)=[W])O[C@@H](n2cnc3c(N)ncnc32)[C@]1(C)Cl.[Y].[Y].[Y]. The van der Waals surface area contributed by atoms with E-state index < -0.39 is 61.8 Å². The minimum atomic E-state index is -0.896. The molecule has 0 bridgehead atoms. The second-order valence-electron chi connectivity index (χ2n) is 16.7. The molecule has 0 spiro atoms. The Kier molecular flexibility index (Phi) is 28.9. The normalized spacial score (nSPS) is 33.0. The van der Waals surface area contributed by atoms with Gasteiger partial charge in [0.25, 0.3) is 0 Å². The van der Waals surface area contributed by atoms with Crippen LogP contribution in [0.15, 0.2) is 54.1 Å².